The highest BCUT2D eigenvalue weighted by molar-refractivity contribution is 5.92. The van der Waals surface area contributed by atoms with Crippen LogP contribution in [0.3, 0.4) is 0 Å². The quantitative estimate of drug-likeness (QED) is 0.828. The SMILES string of the molecule is Cc1cc(C(=O)N2CCC(CNC(=O)C3CCc4ccccc43)CC2)nc(N)n1. The largest absolute Gasteiger partial charge is 0.368 e. The van der Waals surface area contributed by atoms with Crippen molar-refractivity contribution in [1.82, 2.24) is 20.2 Å². The average Bonchev–Trinajstić information content (AvgIpc) is 3.15. The van der Waals surface area contributed by atoms with Crippen LogP contribution in [-0.4, -0.2) is 46.3 Å². The Morgan fingerprint density at radius 2 is 1.93 bits per heavy atom. The number of nitrogen functional groups attached to an aromatic ring is 1. The molecule has 1 aliphatic carbocycles. The number of rotatable bonds is 4. The van der Waals surface area contributed by atoms with Crippen LogP contribution in [0.2, 0.25) is 0 Å². The Balaban J connectivity index is 1.27. The molecule has 2 heterocycles. The number of benzene rings is 1. The fourth-order valence-electron chi connectivity index (χ4n) is 4.40. The van der Waals surface area contributed by atoms with E-state index >= 15 is 0 Å². The third-order valence-electron chi connectivity index (χ3n) is 6.01. The minimum atomic E-state index is -0.104. The van der Waals surface area contributed by atoms with Gasteiger partial charge in [-0.1, -0.05) is 24.3 Å². The van der Waals surface area contributed by atoms with Gasteiger partial charge in [0.2, 0.25) is 11.9 Å². The van der Waals surface area contributed by atoms with Crippen molar-refractivity contribution in [3.8, 4) is 0 Å². The van der Waals surface area contributed by atoms with E-state index in [2.05, 4.69) is 27.4 Å². The molecule has 0 spiro atoms. The van der Waals surface area contributed by atoms with E-state index < -0.39 is 0 Å². The number of anilines is 1. The fraction of sp³-hybridized carbons (Fsp3) is 0.455. The molecule has 1 unspecified atom stereocenters. The first-order valence-electron chi connectivity index (χ1n) is 10.3. The van der Waals surface area contributed by atoms with Gasteiger partial charge in [-0.3, -0.25) is 9.59 Å². The Hall–Kier alpha value is -2.96. The van der Waals surface area contributed by atoms with Gasteiger partial charge in [-0.2, -0.15) is 0 Å². The normalized spacial score (nSPS) is 19.1. The Bertz CT molecular complexity index is 901. The van der Waals surface area contributed by atoms with Crippen LogP contribution in [0.4, 0.5) is 5.95 Å². The van der Waals surface area contributed by atoms with Crippen molar-refractivity contribution in [2.24, 2.45) is 5.92 Å². The van der Waals surface area contributed by atoms with Gasteiger partial charge in [0.05, 0.1) is 5.92 Å². The number of hydrogen-bond donors (Lipinski definition) is 2. The van der Waals surface area contributed by atoms with Gasteiger partial charge >= 0.3 is 0 Å². The van der Waals surface area contributed by atoms with Crippen LogP contribution in [0.1, 0.15) is 52.5 Å². The number of carbonyl (C=O) groups excluding carboxylic acids is 2. The van der Waals surface area contributed by atoms with E-state index in [1.54, 1.807) is 13.0 Å². The monoisotopic (exact) mass is 393 g/mol. The van der Waals surface area contributed by atoms with Crippen molar-refractivity contribution < 1.29 is 9.59 Å². The molecule has 4 rings (SSSR count). The summed E-state index contributed by atoms with van der Waals surface area (Å²) in [6.07, 6.45) is 3.60. The summed E-state index contributed by atoms with van der Waals surface area (Å²) in [5.74, 6) is 0.503. The zero-order valence-electron chi connectivity index (χ0n) is 16.7. The van der Waals surface area contributed by atoms with Crippen LogP contribution in [0.15, 0.2) is 30.3 Å². The van der Waals surface area contributed by atoms with Crippen molar-refractivity contribution in [2.75, 3.05) is 25.4 Å². The molecular formula is C22H27N5O2. The van der Waals surface area contributed by atoms with E-state index in [0.717, 1.165) is 25.7 Å². The Labute approximate surface area is 170 Å². The van der Waals surface area contributed by atoms with Gasteiger partial charge in [0.15, 0.2) is 0 Å². The first-order chi connectivity index (χ1) is 14.0. The molecular weight excluding hydrogens is 366 g/mol. The van der Waals surface area contributed by atoms with Crippen LogP contribution in [0.25, 0.3) is 0 Å². The molecule has 152 valence electrons. The molecule has 2 amide bonds. The van der Waals surface area contributed by atoms with Crippen molar-refractivity contribution in [3.63, 3.8) is 0 Å². The van der Waals surface area contributed by atoms with Gasteiger partial charge in [-0.25, -0.2) is 9.97 Å². The van der Waals surface area contributed by atoms with Crippen molar-refractivity contribution >= 4 is 17.8 Å². The summed E-state index contributed by atoms with van der Waals surface area (Å²) in [5, 5.41) is 3.15. The number of nitrogens with one attached hydrogen (secondary N) is 1. The number of hydrogen-bond acceptors (Lipinski definition) is 5. The summed E-state index contributed by atoms with van der Waals surface area (Å²) in [7, 11) is 0. The predicted octanol–water partition coefficient (Wildman–Crippen LogP) is 2.07. The van der Waals surface area contributed by atoms with Gasteiger partial charge in [0.25, 0.3) is 5.91 Å². The number of likely N-dealkylation sites (tertiary alicyclic amines) is 1. The molecule has 0 saturated carbocycles. The number of nitrogens with zero attached hydrogens (tertiary/aromatic N) is 3. The lowest BCUT2D eigenvalue weighted by molar-refractivity contribution is -0.122. The summed E-state index contributed by atoms with van der Waals surface area (Å²) >= 11 is 0. The number of aromatic nitrogens is 2. The highest BCUT2D eigenvalue weighted by atomic mass is 16.2. The lowest BCUT2D eigenvalue weighted by Crippen LogP contribution is -2.42. The fourth-order valence-corrected chi connectivity index (χ4v) is 4.40. The van der Waals surface area contributed by atoms with E-state index in [1.165, 1.54) is 11.1 Å². The van der Waals surface area contributed by atoms with Gasteiger partial charge in [-0.15, -0.1) is 0 Å². The van der Waals surface area contributed by atoms with Gasteiger partial charge in [-0.05, 0) is 55.7 Å². The number of aryl methyl sites for hydroxylation is 2. The molecule has 1 aromatic heterocycles. The van der Waals surface area contributed by atoms with Crippen LogP contribution in [-0.2, 0) is 11.2 Å². The van der Waals surface area contributed by atoms with Crippen molar-refractivity contribution in [3.05, 3.63) is 52.8 Å². The zero-order valence-corrected chi connectivity index (χ0v) is 16.7. The number of nitrogens with two attached hydrogens (primary N) is 1. The molecule has 7 heteroatoms. The molecule has 1 saturated heterocycles. The molecule has 7 nitrogen and oxygen atoms in total. The predicted molar refractivity (Wildman–Crippen MR) is 110 cm³/mol. The Kier molecular flexibility index (Phi) is 5.47. The maximum absolute atomic E-state index is 12.7. The highest BCUT2D eigenvalue weighted by Gasteiger charge is 2.29. The first-order valence-corrected chi connectivity index (χ1v) is 10.3. The van der Waals surface area contributed by atoms with Gasteiger partial charge in [0.1, 0.15) is 5.69 Å². The smallest absolute Gasteiger partial charge is 0.272 e. The lowest BCUT2D eigenvalue weighted by Gasteiger charge is -2.32. The van der Waals surface area contributed by atoms with Crippen LogP contribution in [0.5, 0.6) is 0 Å². The molecule has 1 aromatic carbocycles. The Morgan fingerprint density at radius 1 is 1.17 bits per heavy atom. The highest BCUT2D eigenvalue weighted by Crippen LogP contribution is 2.33. The van der Waals surface area contributed by atoms with E-state index in [4.69, 9.17) is 5.73 Å². The number of fused-ring (bicyclic) bond motifs is 1. The van der Waals surface area contributed by atoms with Crippen LogP contribution < -0.4 is 11.1 Å². The molecule has 2 aromatic rings. The molecule has 0 bridgehead atoms. The standard InChI is InChI=1S/C22H27N5O2/c1-14-12-19(26-22(23)25-14)21(29)27-10-8-15(9-11-27)13-24-20(28)18-7-6-16-4-2-3-5-17(16)18/h2-5,12,15,18H,6-11,13H2,1H3,(H,24,28)(H2,23,25,26). The summed E-state index contributed by atoms with van der Waals surface area (Å²) < 4.78 is 0. The van der Waals surface area contributed by atoms with E-state index in [0.29, 0.717) is 36.9 Å². The topological polar surface area (TPSA) is 101 Å². The molecule has 1 atom stereocenters. The van der Waals surface area contributed by atoms with E-state index in [1.807, 2.05) is 17.0 Å². The number of piperidine rings is 1. The molecule has 1 fully saturated rings. The summed E-state index contributed by atoms with van der Waals surface area (Å²) in [5.41, 5.74) is 9.16. The van der Waals surface area contributed by atoms with E-state index in [-0.39, 0.29) is 23.7 Å². The average molecular weight is 393 g/mol. The maximum Gasteiger partial charge on any atom is 0.272 e. The summed E-state index contributed by atoms with van der Waals surface area (Å²) in [6, 6.07) is 9.89. The zero-order chi connectivity index (χ0) is 20.4. The summed E-state index contributed by atoms with van der Waals surface area (Å²) in [4.78, 5) is 35.2. The van der Waals surface area contributed by atoms with E-state index in [9.17, 15) is 9.59 Å². The summed E-state index contributed by atoms with van der Waals surface area (Å²) in [6.45, 7) is 3.79. The molecule has 2 aliphatic rings. The third kappa shape index (κ3) is 4.23. The second-order valence-electron chi connectivity index (χ2n) is 8.02. The second kappa shape index (κ2) is 8.19. The maximum atomic E-state index is 12.7. The third-order valence-corrected chi connectivity index (χ3v) is 6.01. The van der Waals surface area contributed by atoms with Crippen molar-refractivity contribution in [2.45, 2.75) is 38.5 Å². The molecule has 29 heavy (non-hydrogen) atoms. The van der Waals surface area contributed by atoms with Crippen LogP contribution in [0, 0.1) is 12.8 Å². The number of carbonyl (C=O) groups is 2. The first kappa shape index (κ1) is 19.4. The molecule has 1 aliphatic heterocycles. The van der Waals surface area contributed by atoms with Gasteiger partial charge < -0.3 is 16.0 Å². The lowest BCUT2D eigenvalue weighted by atomic mass is 9.95. The minimum Gasteiger partial charge on any atom is -0.368 e. The second-order valence-corrected chi connectivity index (χ2v) is 8.02. The minimum absolute atomic E-state index is 0.0284. The van der Waals surface area contributed by atoms with Crippen molar-refractivity contribution in [1.29, 1.82) is 0 Å². The molecule has 0 radical (unpaired) electrons. The molecule has 3 N–H and O–H groups in total. The Morgan fingerprint density at radius 3 is 2.69 bits per heavy atom. The van der Waals surface area contributed by atoms with Crippen LogP contribution >= 0.6 is 0 Å². The number of amides is 2. The van der Waals surface area contributed by atoms with Gasteiger partial charge in [0, 0.05) is 25.3 Å².